The topological polar surface area (TPSA) is 84.5 Å². The number of ether oxygens (including phenoxy) is 1. The van der Waals surface area contributed by atoms with Crippen molar-refractivity contribution in [3.8, 4) is 0 Å². The SMILES string of the molecule is CC1COC(CO)CN1c1cc(N)nc(C(F)(F)F)n1. The minimum absolute atomic E-state index is 0.0825. The highest BCUT2D eigenvalue weighted by molar-refractivity contribution is 5.48. The zero-order valence-electron chi connectivity index (χ0n) is 10.8. The number of halogens is 3. The molecule has 1 aliphatic rings. The van der Waals surface area contributed by atoms with E-state index in [0.717, 1.165) is 0 Å². The molecule has 0 amide bonds. The van der Waals surface area contributed by atoms with Crippen LogP contribution in [-0.4, -0.2) is 47.0 Å². The highest BCUT2D eigenvalue weighted by Gasteiger charge is 2.36. The number of aliphatic hydroxyl groups is 1. The number of nitrogens with two attached hydrogens (primary N) is 1. The molecule has 1 saturated heterocycles. The number of rotatable bonds is 2. The van der Waals surface area contributed by atoms with Gasteiger partial charge in [0.1, 0.15) is 11.6 Å². The highest BCUT2D eigenvalue weighted by Crippen LogP contribution is 2.29. The van der Waals surface area contributed by atoms with Crippen LogP contribution in [0, 0.1) is 0 Å². The quantitative estimate of drug-likeness (QED) is 0.833. The lowest BCUT2D eigenvalue weighted by atomic mass is 10.2. The summed E-state index contributed by atoms with van der Waals surface area (Å²) >= 11 is 0. The third-order valence-electron chi connectivity index (χ3n) is 2.99. The van der Waals surface area contributed by atoms with E-state index in [1.54, 1.807) is 11.8 Å². The second kappa shape index (κ2) is 5.41. The number of morpholine rings is 1. The standard InChI is InChI=1S/C11H15F3N4O2/c1-6-5-20-7(4-19)3-18(6)9-2-8(15)16-10(17-9)11(12,13)14/h2,6-7,19H,3-5H2,1H3,(H2,15,16,17). The van der Waals surface area contributed by atoms with Crippen molar-refractivity contribution in [2.75, 3.05) is 30.4 Å². The molecule has 2 heterocycles. The molecule has 0 aliphatic carbocycles. The maximum atomic E-state index is 12.7. The van der Waals surface area contributed by atoms with Crippen LogP contribution in [-0.2, 0) is 10.9 Å². The van der Waals surface area contributed by atoms with Crippen LogP contribution in [0.5, 0.6) is 0 Å². The molecule has 1 aromatic rings. The number of anilines is 2. The molecule has 2 atom stereocenters. The third kappa shape index (κ3) is 3.10. The molecule has 9 heteroatoms. The van der Waals surface area contributed by atoms with Gasteiger partial charge in [-0.05, 0) is 6.92 Å². The molecule has 0 saturated carbocycles. The Bertz CT molecular complexity index is 483. The van der Waals surface area contributed by atoms with Crippen LogP contribution in [0.25, 0.3) is 0 Å². The Balaban J connectivity index is 2.33. The molecule has 1 fully saturated rings. The number of alkyl halides is 3. The Hall–Kier alpha value is -1.61. The molecule has 2 rings (SSSR count). The van der Waals surface area contributed by atoms with Crippen molar-refractivity contribution in [3.63, 3.8) is 0 Å². The third-order valence-corrected chi connectivity index (χ3v) is 2.99. The van der Waals surface area contributed by atoms with E-state index in [2.05, 4.69) is 9.97 Å². The smallest absolute Gasteiger partial charge is 0.394 e. The number of hydrogen-bond acceptors (Lipinski definition) is 6. The van der Waals surface area contributed by atoms with Crippen LogP contribution in [0.3, 0.4) is 0 Å². The van der Waals surface area contributed by atoms with E-state index in [9.17, 15) is 13.2 Å². The normalized spacial score (nSPS) is 23.9. The Morgan fingerprint density at radius 2 is 2.20 bits per heavy atom. The van der Waals surface area contributed by atoms with Crippen LogP contribution >= 0.6 is 0 Å². The highest BCUT2D eigenvalue weighted by atomic mass is 19.4. The van der Waals surface area contributed by atoms with E-state index in [1.165, 1.54) is 6.07 Å². The molecule has 3 N–H and O–H groups in total. The van der Waals surface area contributed by atoms with E-state index in [0.29, 0.717) is 0 Å². The molecule has 0 bridgehead atoms. The molecule has 6 nitrogen and oxygen atoms in total. The molecular weight excluding hydrogens is 277 g/mol. The minimum atomic E-state index is -4.66. The van der Waals surface area contributed by atoms with Crippen LogP contribution < -0.4 is 10.6 Å². The van der Waals surface area contributed by atoms with Gasteiger partial charge in [-0.25, -0.2) is 9.97 Å². The molecule has 0 aromatic carbocycles. The van der Waals surface area contributed by atoms with Gasteiger partial charge in [0.05, 0.1) is 25.4 Å². The Morgan fingerprint density at radius 3 is 2.80 bits per heavy atom. The van der Waals surface area contributed by atoms with Gasteiger partial charge in [0.15, 0.2) is 0 Å². The van der Waals surface area contributed by atoms with Gasteiger partial charge in [0.25, 0.3) is 0 Å². The zero-order chi connectivity index (χ0) is 14.9. The summed E-state index contributed by atoms with van der Waals surface area (Å²) in [5.41, 5.74) is 5.42. The zero-order valence-corrected chi connectivity index (χ0v) is 10.8. The first-order chi connectivity index (χ1) is 9.31. The van der Waals surface area contributed by atoms with Crippen LogP contribution in [0.15, 0.2) is 6.07 Å². The molecule has 1 aromatic heterocycles. The van der Waals surface area contributed by atoms with E-state index < -0.39 is 18.1 Å². The van der Waals surface area contributed by atoms with Gasteiger partial charge in [-0.1, -0.05) is 0 Å². The lowest BCUT2D eigenvalue weighted by Gasteiger charge is -2.38. The summed E-state index contributed by atoms with van der Waals surface area (Å²) in [4.78, 5) is 8.34. The van der Waals surface area contributed by atoms with Gasteiger partial charge in [-0.15, -0.1) is 0 Å². The largest absolute Gasteiger partial charge is 0.451 e. The predicted molar refractivity (Wildman–Crippen MR) is 65.1 cm³/mol. The molecule has 20 heavy (non-hydrogen) atoms. The van der Waals surface area contributed by atoms with Gasteiger partial charge in [0, 0.05) is 12.6 Å². The summed E-state index contributed by atoms with van der Waals surface area (Å²) in [5, 5.41) is 9.09. The number of nitrogen functional groups attached to an aromatic ring is 1. The first kappa shape index (κ1) is 14.8. The summed E-state index contributed by atoms with van der Waals surface area (Å²) < 4.78 is 43.4. The van der Waals surface area contributed by atoms with Crippen LogP contribution in [0.4, 0.5) is 24.8 Å². The fraction of sp³-hybridized carbons (Fsp3) is 0.636. The summed E-state index contributed by atoms with van der Waals surface area (Å²) in [5.74, 6) is -1.44. The molecular formula is C11H15F3N4O2. The number of aliphatic hydroxyl groups excluding tert-OH is 1. The van der Waals surface area contributed by atoms with Crippen molar-refractivity contribution >= 4 is 11.6 Å². The Kier molecular flexibility index (Phi) is 4.00. The Morgan fingerprint density at radius 1 is 1.50 bits per heavy atom. The summed E-state index contributed by atoms with van der Waals surface area (Å²) in [7, 11) is 0. The number of aromatic nitrogens is 2. The van der Waals surface area contributed by atoms with E-state index in [4.69, 9.17) is 15.6 Å². The molecule has 0 spiro atoms. The number of nitrogens with zero attached hydrogens (tertiary/aromatic N) is 3. The molecule has 0 radical (unpaired) electrons. The van der Waals surface area contributed by atoms with Gasteiger partial charge >= 0.3 is 6.18 Å². The van der Waals surface area contributed by atoms with E-state index in [1.807, 2.05) is 0 Å². The van der Waals surface area contributed by atoms with Crippen molar-refractivity contribution in [2.24, 2.45) is 0 Å². The fourth-order valence-electron chi connectivity index (χ4n) is 1.97. The average molecular weight is 292 g/mol. The maximum absolute atomic E-state index is 12.7. The first-order valence-corrected chi connectivity index (χ1v) is 6.02. The maximum Gasteiger partial charge on any atom is 0.451 e. The monoisotopic (exact) mass is 292 g/mol. The van der Waals surface area contributed by atoms with Crippen molar-refractivity contribution < 1.29 is 23.0 Å². The van der Waals surface area contributed by atoms with Gasteiger partial charge < -0.3 is 20.5 Å². The average Bonchev–Trinajstić information content (AvgIpc) is 2.37. The van der Waals surface area contributed by atoms with E-state index >= 15 is 0 Å². The molecule has 2 unspecified atom stereocenters. The molecule has 112 valence electrons. The van der Waals surface area contributed by atoms with Crippen molar-refractivity contribution in [1.29, 1.82) is 0 Å². The fourth-order valence-corrected chi connectivity index (χ4v) is 1.97. The van der Waals surface area contributed by atoms with Gasteiger partial charge in [-0.2, -0.15) is 13.2 Å². The summed E-state index contributed by atoms with van der Waals surface area (Å²) in [6, 6.07) is 1.11. The molecule has 1 aliphatic heterocycles. The second-order valence-electron chi connectivity index (χ2n) is 4.61. The minimum Gasteiger partial charge on any atom is -0.394 e. The Labute approximate surface area is 113 Å². The lowest BCUT2D eigenvalue weighted by molar-refractivity contribution is -0.144. The van der Waals surface area contributed by atoms with Gasteiger partial charge in [-0.3, -0.25) is 0 Å². The van der Waals surface area contributed by atoms with Gasteiger partial charge in [0.2, 0.25) is 5.82 Å². The van der Waals surface area contributed by atoms with Crippen molar-refractivity contribution in [3.05, 3.63) is 11.9 Å². The summed E-state index contributed by atoms with van der Waals surface area (Å²) in [6.07, 6.45) is -5.12. The lowest BCUT2D eigenvalue weighted by Crippen LogP contribution is -2.50. The van der Waals surface area contributed by atoms with Crippen molar-refractivity contribution in [2.45, 2.75) is 25.2 Å². The van der Waals surface area contributed by atoms with Crippen LogP contribution in [0.1, 0.15) is 12.7 Å². The second-order valence-corrected chi connectivity index (χ2v) is 4.61. The van der Waals surface area contributed by atoms with Crippen LogP contribution in [0.2, 0.25) is 0 Å². The number of hydrogen-bond donors (Lipinski definition) is 2. The van der Waals surface area contributed by atoms with Crippen molar-refractivity contribution in [1.82, 2.24) is 9.97 Å². The summed E-state index contributed by atoms with van der Waals surface area (Å²) in [6.45, 7) is 2.11. The van der Waals surface area contributed by atoms with E-state index in [-0.39, 0.29) is 37.4 Å². The first-order valence-electron chi connectivity index (χ1n) is 6.02. The predicted octanol–water partition coefficient (Wildman–Crippen LogP) is 0.664.